The van der Waals surface area contributed by atoms with Gasteiger partial charge in [0.1, 0.15) is 11.5 Å². The maximum absolute atomic E-state index is 10.8. The molecule has 6 aromatic rings. The van der Waals surface area contributed by atoms with E-state index in [4.69, 9.17) is 20.8 Å². The molecule has 2 aromatic carbocycles. The Kier molecular flexibility index (Phi) is 14.1. The number of ether oxygens (including phenoxy) is 1. The predicted molar refractivity (Wildman–Crippen MR) is 185 cm³/mol. The molecule has 1 aliphatic heterocycles. The Labute approximate surface area is 302 Å². The van der Waals surface area contributed by atoms with Crippen LogP contribution in [-0.4, -0.2) is 53.5 Å². The summed E-state index contributed by atoms with van der Waals surface area (Å²) in [6.07, 6.45) is 7.09. The summed E-state index contributed by atoms with van der Waals surface area (Å²) < 4.78 is 4.68. The van der Waals surface area contributed by atoms with Crippen LogP contribution < -0.4 is 4.74 Å². The first-order valence-corrected chi connectivity index (χ1v) is 14.5. The van der Waals surface area contributed by atoms with E-state index in [1.165, 1.54) is 47.2 Å². The molecule has 0 radical (unpaired) electrons. The van der Waals surface area contributed by atoms with Crippen molar-refractivity contribution in [2.24, 2.45) is 4.99 Å². The minimum atomic E-state index is -1.04. The molecule has 0 aliphatic carbocycles. The third-order valence-electron chi connectivity index (χ3n) is 6.70. The van der Waals surface area contributed by atoms with Gasteiger partial charge in [-0.05, 0) is 54.1 Å². The van der Waals surface area contributed by atoms with Gasteiger partial charge in [-0.2, -0.15) is 5.16 Å². The number of aromatic hydroxyl groups is 1. The van der Waals surface area contributed by atoms with E-state index in [9.17, 15) is 14.7 Å². The van der Waals surface area contributed by atoms with Crippen LogP contribution in [0.25, 0.3) is 38.6 Å². The van der Waals surface area contributed by atoms with Crippen LogP contribution >= 0.6 is 12.2 Å². The van der Waals surface area contributed by atoms with Gasteiger partial charge in [-0.15, -0.1) is 0 Å². The van der Waals surface area contributed by atoms with Crippen molar-refractivity contribution < 1.29 is 44.0 Å². The van der Waals surface area contributed by atoms with E-state index >= 15 is 0 Å². The zero-order chi connectivity index (χ0) is 34.5. The van der Waals surface area contributed by atoms with Gasteiger partial charge in [0.05, 0.1) is 39.4 Å². The number of rotatable bonds is 5. The molecule has 7 rings (SSSR count). The fourth-order valence-electron chi connectivity index (χ4n) is 4.82. The minimum absolute atomic E-state index is 0. The van der Waals surface area contributed by atoms with Gasteiger partial charge in [0, 0.05) is 53.6 Å². The van der Waals surface area contributed by atoms with Crippen molar-refractivity contribution in [3.63, 3.8) is 0 Å². The number of carboxylic acids is 1. The maximum atomic E-state index is 10.8. The molecule has 0 amide bonds. The number of thiocyanates is 1. The second-order valence-corrected chi connectivity index (χ2v) is 9.75. The van der Waals surface area contributed by atoms with E-state index in [0.29, 0.717) is 30.0 Å². The topological polar surface area (TPSA) is 194 Å². The number of carbonyl (C=O) groups is 2. The fraction of sp³-hybridized carbons (Fsp3) is 0.0294. The summed E-state index contributed by atoms with van der Waals surface area (Å²) in [6.45, 7) is 0.306. The number of benzene rings is 2. The number of phenolic OH excluding ortho intramolecular Hbond substituents is 1. The minimum Gasteiger partial charge on any atom is -0.753 e. The number of nitrogens with zero attached hydrogens (tertiary/aromatic N) is 7. The molecule has 0 bridgehead atoms. The molecule has 0 fully saturated rings. The smallest absolute Gasteiger partial charge is 0.753 e. The monoisotopic (exact) mass is 773 g/mol. The van der Waals surface area contributed by atoms with Gasteiger partial charge in [0.25, 0.3) is 6.47 Å². The number of aromatic nitrogens is 4. The quantitative estimate of drug-likeness (QED) is 0.0383. The van der Waals surface area contributed by atoms with Crippen LogP contribution in [-0.2, 0) is 43.3 Å². The Hall–Kier alpha value is -5.90. The maximum Gasteiger partial charge on any atom is 2.00 e. The molecule has 1 aliphatic rings. The fourth-order valence-corrected chi connectivity index (χ4v) is 4.82. The van der Waals surface area contributed by atoms with Gasteiger partial charge in [-0.1, -0.05) is 35.8 Å². The number of carboxylic acid groups (broad SMARTS) is 1. The van der Waals surface area contributed by atoms with E-state index in [0.717, 1.165) is 44.3 Å². The number of hydrogen-bond acceptors (Lipinski definition) is 12. The van der Waals surface area contributed by atoms with Gasteiger partial charge in [-0.3, -0.25) is 29.7 Å². The van der Waals surface area contributed by atoms with Crippen LogP contribution in [0.3, 0.4) is 0 Å². The number of fused-ring (bicyclic) bond motifs is 6. The molecule has 0 saturated heterocycles. The molecule has 242 valence electrons. The number of aromatic carboxylic acids is 1. The Morgan fingerprint density at radius 3 is 2.14 bits per heavy atom. The van der Waals surface area contributed by atoms with E-state index in [1.54, 1.807) is 18.5 Å². The molecule has 49 heavy (non-hydrogen) atoms. The number of isothiocyanates is 1. The van der Waals surface area contributed by atoms with Crippen molar-refractivity contribution in [2.75, 3.05) is 0 Å². The molecule has 0 spiro atoms. The number of hydrogen-bond donors (Lipinski definition) is 2. The van der Waals surface area contributed by atoms with E-state index in [1.807, 2.05) is 36.4 Å². The molecule has 0 saturated carbocycles. The van der Waals surface area contributed by atoms with Crippen molar-refractivity contribution in [1.29, 1.82) is 5.26 Å². The molecule has 0 atom stereocenters. The predicted octanol–water partition coefficient (Wildman–Crippen LogP) is 6.21. The van der Waals surface area contributed by atoms with E-state index in [2.05, 4.69) is 55.6 Å². The molecule has 0 unspecified atom stereocenters. The number of phenols is 1. The van der Waals surface area contributed by atoms with Crippen molar-refractivity contribution in [3.8, 4) is 28.3 Å². The van der Waals surface area contributed by atoms with Crippen molar-refractivity contribution >= 4 is 75.7 Å². The van der Waals surface area contributed by atoms with Crippen LogP contribution in [0.1, 0.15) is 21.5 Å². The van der Waals surface area contributed by atoms with Crippen LogP contribution in [0.5, 0.6) is 11.5 Å². The Morgan fingerprint density at radius 1 is 0.918 bits per heavy atom. The van der Waals surface area contributed by atoms with Crippen LogP contribution in [0, 0.1) is 10.7 Å². The summed E-state index contributed by atoms with van der Waals surface area (Å²) in [5.74, 6) is -0.467. The van der Waals surface area contributed by atoms with Crippen molar-refractivity contribution in [1.82, 2.24) is 19.9 Å². The number of nitriles is 1. The number of aliphatic imine (C=N–C) groups is 1. The Morgan fingerprint density at radius 2 is 1.51 bits per heavy atom. The first kappa shape index (κ1) is 37.6. The van der Waals surface area contributed by atoms with E-state index < -0.39 is 5.97 Å². The number of para-hydroxylation sites is 1. The summed E-state index contributed by atoms with van der Waals surface area (Å²) in [6, 6.07) is 21.1. The molecular formula is C34H21N7O5RuS2. The van der Waals surface area contributed by atoms with Crippen LogP contribution in [0.15, 0.2) is 103 Å². The van der Waals surface area contributed by atoms with Gasteiger partial charge in [0.15, 0.2) is 0 Å². The Bertz CT molecular complexity index is 2240. The summed E-state index contributed by atoms with van der Waals surface area (Å²) in [5.41, 5.74) is 6.46. The van der Waals surface area contributed by atoms with Gasteiger partial charge in [0.2, 0.25) is 0 Å². The molecule has 4 aromatic heterocycles. The van der Waals surface area contributed by atoms with Gasteiger partial charge in [-0.25, -0.2) is 10.1 Å². The third-order valence-corrected chi connectivity index (χ3v) is 6.70. The van der Waals surface area contributed by atoms with Gasteiger partial charge < -0.3 is 33.0 Å². The average Bonchev–Trinajstić information content (AvgIpc) is 3.56. The second-order valence-electron chi connectivity index (χ2n) is 9.39. The largest absolute Gasteiger partial charge is 2.00 e. The zero-order valence-corrected chi connectivity index (χ0v) is 28.3. The summed E-state index contributed by atoms with van der Waals surface area (Å²) in [4.78, 5) is 43.0. The van der Waals surface area contributed by atoms with Crippen molar-refractivity contribution in [3.05, 3.63) is 120 Å². The molecule has 12 nitrogen and oxygen atoms in total. The third kappa shape index (κ3) is 9.13. The number of carbonyl (C=O) groups excluding carboxylic acids is 1. The van der Waals surface area contributed by atoms with Crippen molar-refractivity contribution in [2.45, 2.75) is 6.42 Å². The number of pyridine rings is 4. The molecule has 5 heterocycles. The second kappa shape index (κ2) is 18.4. The van der Waals surface area contributed by atoms with E-state index in [-0.39, 0.29) is 30.8 Å². The standard InChI is InChI=1S/C20H13N3O.C12H8N2O4.CHNS.CNS.Ru/c24-17-8-2-1-5-13(17)16-11-15-12-6-3-9-21-19(12)20-14(18(15)23-16)7-4-10-22-20;15-7-18-9-2-4-14-11(6-9)10-5-8(12(16)17)1-3-13-10;2*2-1-3;/h1-10,24H,11H2;1-7H,(H,16,17);3H;;/q;;;-1;+2/p-1. The van der Waals surface area contributed by atoms with Crippen LogP contribution in [0.4, 0.5) is 5.69 Å². The Balaban J connectivity index is 0.000000232. The van der Waals surface area contributed by atoms with Crippen LogP contribution in [0.2, 0.25) is 0 Å². The molecule has 2 N–H and O–H groups in total. The summed E-state index contributed by atoms with van der Waals surface area (Å²) in [5, 5.41) is 38.1. The normalized spacial score (nSPS) is 10.4. The first-order chi connectivity index (χ1) is 23.4. The summed E-state index contributed by atoms with van der Waals surface area (Å²) >= 11 is 7.40. The number of thiocarbonyl (C=S) groups is 1. The zero-order valence-electron chi connectivity index (χ0n) is 24.9. The van der Waals surface area contributed by atoms with Gasteiger partial charge >= 0.3 is 25.4 Å². The average molecular weight is 773 g/mol. The first-order valence-electron chi connectivity index (χ1n) is 13.7. The molecule has 15 heteroatoms. The summed E-state index contributed by atoms with van der Waals surface area (Å²) in [7, 11) is 0. The SMILES string of the molecule is N#C[S-].O=COc1ccnc(-c2cc(C(=O)O)ccn2)c1.Oc1ccccc1C1=Nc2c(c3cccnc3c3ncccc23)C1.[N-]=C=S.[Ru+2]. The molecular weight excluding hydrogens is 752 g/mol.